The lowest BCUT2D eigenvalue weighted by Gasteiger charge is -2.44. The number of alkyl halides is 3. The zero-order valence-electron chi connectivity index (χ0n) is 9.35. The number of ether oxygens (including phenoxy) is 1. The Bertz CT molecular complexity index is 320. The second-order valence-corrected chi connectivity index (χ2v) is 5.01. The molecule has 0 bridgehead atoms. The molecule has 2 aliphatic rings. The Morgan fingerprint density at radius 1 is 1.18 bits per heavy atom. The summed E-state index contributed by atoms with van der Waals surface area (Å²) in [6, 6.07) is 0. The first-order valence-electron chi connectivity index (χ1n) is 5.76. The molecule has 2 rings (SSSR count). The molecule has 1 saturated heterocycles. The van der Waals surface area contributed by atoms with E-state index in [9.17, 15) is 23.1 Å². The number of rotatable bonds is 0. The second-order valence-electron chi connectivity index (χ2n) is 5.01. The standard InChI is InChI=1S/C11H15F3O3/c12-11(13,14)10(16)6-8(15)9(7-17-10)4-2-1-3-5-9/h16H,1-7H2. The summed E-state index contributed by atoms with van der Waals surface area (Å²) in [4.78, 5) is 11.9. The van der Waals surface area contributed by atoms with Gasteiger partial charge in [-0.25, -0.2) is 0 Å². The molecule has 0 aromatic heterocycles. The highest BCUT2D eigenvalue weighted by atomic mass is 19.4. The van der Waals surface area contributed by atoms with E-state index in [4.69, 9.17) is 0 Å². The molecule has 1 N–H and O–H groups in total. The number of carbonyl (C=O) groups excluding carboxylic acids is 1. The summed E-state index contributed by atoms with van der Waals surface area (Å²) in [5.41, 5.74) is -0.782. The van der Waals surface area contributed by atoms with E-state index in [0.29, 0.717) is 12.8 Å². The van der Waals surface area contributed by atoms with Crippen LogP contribution in [0.25, 0.3) is 0 Å². The van der Waals surface area contributed by atoms with Gasteiger partial charge in [0.15, 0.2) is 0 Å². The summed E-state index contributed by atoms with van der Waals surface area (Å²) in [7, 11) is 0. The van der Waals surface area contributed by atoms with Crippen molar-refractivity contribution < 1.29 is 27.8 Å². The van der Waals surface area contributed by atoms with Crippen LogP contribution in [0.3, 0.4) is 0 Å². The fourth-order valence-electron chi connectivity index (χ4n) is 2.63. The molecule has 0 radical (unpaired) electrons. The van der Waals surface area contributed by atoms with Crippen LogP contribution in [0.2, 0.25) is 0 Å². The summed E-state index contributed by atoms with van der Waals surface area (Å²) in [5, 5.41) is 9.32. The number of ketones is 1. The Morgan fingerprint density at radius 2 is 1.76 bits per heavy atom. The summed E-state index contributed by atoms with van der Waals surface area (Å²) in [6.07, 6.45) is -2.09. The Hall–Kier alpha value is -0.620. The molecular formula is C11H15F3O3. The van der Waals surface area contributed by atoms with Crippen LogP contribution in [0, 0.1) is 5.41 Å². The van der Waals surface area contributed by atoms with Gasteiger partial charge in [-0.15, -0.1) is 0 Å². The molecule has 1 saturated carbocycles. The van der Waals surface area contributed by atoms with Crippen molar-refractivity contribution in [3.05, 3.63) is 0 Å². The van der Waals surface area contributed by atoms with Crippen LogP contribution in [0.15, 0.2) is 0 Å². The Labute approximate surface area is 96.9 Å². The van der Waals surface area contributed by atoms with Gasteiger partial charge < -0.3 is 9.84 Å². The van der Waals surface area contributed by atoms with E-state index in [1.54, 1.807) is 0 Å². The summed E-state index contributed by atoms with van der Waals surface area (Å²) >= 11 is 0. The first-order valence-corrected chi connectivity index (χ1v) is 5.76. The third-order valence-electron chi connectivity index (χ3n) is 3.83. The minimum absolute atomic E-state index is 0.318. The molecule has 3 nitrogen and oxygen atoms in total. The minimum Gasteiger partial charge on any atom is -0.358 e. The third-order valence-corrected chi connectivity index (χ3v) is 3.83. The van der Waals surface area contributed by atoms with Crippen LogP contribution in [0.5, 0.6) is 0 Å². The SMILES string of the molecule is O=C1CC(O)(C(F)(F)F)OCC12CCCCC2. The molecule has 1 spiro atoms. The van der Waals surface area contributed by atoms with E-state index in [2.05, 4.69) is 4.74 Å². The zero-order chi connectivity index (χ0) is 12.7. The molecule has 6 heteroatoms. The highest BCUT2D eigenvalue weighted by Crippen LogP contribution is 2.47. The third kappa shape index (κ3) is 2.08. The van der Waals surface area contributed by atoms with E-state index in [-0.39, 0.29) is 6.61 Å². The molecule has 1 atom stereocenters. The van der Waals surface area contributed by atoms with Crippen molar-refractivity contribution in [2.45, 2.75) is 50.5 Å². The number of Topliss-reactive ketones (excluding diaryl/α,β-unsaturated/α-hetero) is 1. The number of halogens is 3. The van der Waals surface area contributed by atoms with Crippen LogP contribution in [-0.2, 0) is 9.53 Å². The molecule has 1 aliphatic heterocycles. The van der Waals surface area contributed by atoms with E-state index < -0.39 is 29.6 Å². The topological polar surface area (TPSA) is 46.5 Å². The fourth-order valence-corrected chi connectivity index (χ4v) is 2.63. The van der Waals surface area contributed by atoms with Crippen molar-refractivity contribution in [1.82, 2.24) is 0 Å². The first kappa shape index (κ1) is 12.8. The maximum atomic E-state index is 12.5. The molecule has 2 fully saturated rings. The van der Waals surface area contributed by atoms with Gasteiger partial charge in [0.25, 0.3) is 5.79 Å². The first-order chi connectivity index (χ1) is 7.79. The van der Waals surface area contributed by atoms with Crippen LogP contribution in [0.1, 0.15) is 38.5 Å². The van der Waals surface area contributed by atoms with Crippen molar-refractivity contribution in [3.8, 4) is 0 Å². The van der Waals surface area contributed by atoms with E-state index >= 15 is 0 Å². The number of hydrogen-bond acceptors (Lipinski definition) is 3. The van der Waals surface area contributed by atoms with Gasteiger partial charge in [0.1, 0.15) is 5.78 Å². The van der Waals surface area contributed by atoms with E-state index in [0.717, 1.165) is 19.3 Å². The lowest BCUT2D eigenvalue weighted by atomic mass is 9.69. The van der Waals surface area contributed by atoms with Crippen LogP contribution in [-0.4, -0.2) is 29.5 Å². The highest BCUT2D eigenvalue weighted by molar-refractivity contribution is 5.86. The molecule has 0 aromatic carbocycles. The fraction of sp³-hybridized carbons (Fsp3) is 0.909. The lowest BCUT2D eigenvalue weighted by Crippen LogP contribution is -2.58. The van der Waals surface area contributed by atoms with Crippen LogP contribution in [0.4, 0.5) is 13.2 Å². The van der Waals surface area contributed by atoms with Crippen molar-refractivity contribution in [3.63, 3.8) is 0 Å². The lowest BCUT2D eigenvalue weighted by molar-refractivity contribution is -0.377. The van der Waals surface area contributed by atoms with Crippen molar-refractivity contribution in [2.24, 2.45) is 5.41 Å². The van der Waals surface area contributed by atoms with Crippen molar-refractivity contribution in [2.75, 3.05) is 6.61 Å². The van der Waals surface area contributed by atoms with Gasteiger partial charge in [-0.3, -0.25) is 4.79 Å². The monoisotopic (exact) mass is 252 g/mol. The average Bonchev–Trinajstić information content (AvgIpc) is 2.25. The largest absolute Gasteiger partial charge is 0.443 e. The minimum atomic E-state index is -4.92. The average molecular weight is 252 g/mol. The molecule has 98 valence electrons. The smallest absolute Gasteiger partial charge is 0.358 e. The van der Waals surface area contributed by atoms with Gasteiger partial charge in [-0.05, 0) is 12.8 Å². The Morgan fingerprint density at radius 3 is 2.24 bits per heavy atom. The summed E-state index contributed by atoms with van der Waals surface area (Å²) in [5.74, 6) is -3.80. The van der Waals surface area contributed by atoms with E-state index in [1.807, 2.05) is 0 Å². The molecular weight excluding hydrogens is 237 g/mol. The Kier molecular flexibility index (Phi) is 2.98. The molecule has 0 amide bonds. The van der Waals surface area contributed by atoms with Gasteiger partial charge in [-0.1, -0.05) is 19.3 Å². The maximum Gasteiger partial charge on any atom is 0.443 e. The van der Waals surface area contributed by atoms with Crippen molar-refractivity contribution in [1.29, 1.82) is 0 Å². The van der Waals surface area contributed by atoms with E-state index in [1.165, 1.54) is 0 Å². The molecule has 1 aliphatic carbocycles. The predicted octanol–water partition coefficient (Wildman–Crippen LogP) is 2.18. The number of carbonyl (C=O) groups is 1. The van der Waals surface area contributed by atoms with Crippen LogP contribution < -0.4 is 0 Å². The molecule has 1 heterocycles. The summed E-state index contributed by atoms with van der Waals surface area (Å²) in [6.45, 7) is -0.318. The van der Waals surface area contributed by atoms with Gasteiger partial charge in [0.05, 0.1) is 18.4 Å². The molecule has 0 aromatic rings. The zero-order valence-corrected chi connectivity index (χ0v) is 9.35. The quantitative estimate of drug-likeness (QED) is 0.718. The number of aliphatic hydroxyl groups is 1. The highest BCUT2D eigenvalue weighted by Gasteiger charge is 2.62. The van der Waals surface area contributed by atoms with Gasteiger partial charge >= 0.3 is 6.18 Å². The molecule has 17 heavy (non-hydrogen) atoms. The Balaban J connectivity index is 2.15. The normalized spacial score (nSPS) is 34.0. The maximum absolute atomic E-state index is 12.5. The van der Waals surface area contributed by atoms with Crippen LogP contribution >= 0.6 is 0 Å². The molecule has 1 unspecified atom stereocenters. The van der Waals surface area contributed by atoms with Gasteiger partial charge in [-0.2, -0.15) is 13.2 Å². The van der Waals surface area contributed by atoms with Gasteiger partial charge in [0, 0.05) is 0 Å². The van der Waals surface area contributed by atoms with Crippen molar-refractivity contribution >= 4 is 5.78 Å². The second kappa shape index (κ2) is 3.95. The predicted molar refractivity (Wildman–Crippen MR) is 52.1 cm³/mol. The summed E-state index contributed by atoms with van der Waals surface area (Å²) < 4.78 is 42.2. The van der Waals surface area contributed by atoms with Gasteiger partial charge in [0.2, 0.25) is 0 Å². The number of hydrogen-bond donors (Lipinski definition) is 1.